The van der Waals surface area contributed by atoms with Crippen LogP contribution in [0.4, 0.5) is 17.6 Å². The quantitative estimate of drug-likeness (QED) is 0.502. The van der Waals surface area contributed by atoms with E-state index in [4.69, 9.17) is 0 Å². The molecular formula is C17H14F4. The van der Waals surface area contributed by atoms with Gasteiger partial charge in [-0.05, 0) is 30.2 Å². The summed E-state index contributed by atoms with van der Waals surface area (Å²) in [7, 11) is 0. The number of rotatable bonds is 4. The maximum Gasteiger partial charge on any atom is 0.166 e. The van der Waals surface area contributed by atoms with Crippen LogP contribution in [0.3, 0.4) is 0 Å². The molecule has 0 aliphatic rings. The van der Waals surface area contributed by atoms with E-state index in [0.29, 0.717) is 6.07 Å². The molecule has 4 heteroatoms. The van der Waals surface area contributed by atoms with Gasteiger partial charge in [0.2, 0.25) is 0 Å². The molecule has 2 aromatic rings. The van der Waals surface area contributed by atoms with Crippen molar-refractivity contribution in [2.45, 2.75) is 19.8 Å². The summed E-state index contributed by atoms with van der Waals surface area (Å²) in [5, 5.41) is 0. The predicted octanol–water partition coefficient (Wildman–Crippen LogP) is 5.68. The summed E-state index contributed by atoms with van der Waals surface area (Å²) < 4.78 is 53.9. The Kier molecular flexibility index (Phi) is 4.78. The lowest BCUT2D eigenvalue weighted by molar-refractivity contribution is 0.507. The second-order valence-electron chi connectivity index (χ2n) is 4.70. The summed E-state index contributed by atoms with van der Waals surface area (Å²) in [6, 6.07) is 8.78. The lowest BCUT2D eigenvalue weighted by Crippen LogP contribution is -1.89. The van der Waals surface area contributed by atoms with E-state index in [0.717, 1.165) is 30.5 Å². The van der Waals surface area contributed by atoms with Gasteiger partial charge < -0.3 is 0 Å². The van der Waals surface area contributed by atoms with Crippen LogP contribution < -0.4 is 0 Å². The average Bonchev–Trinajstić information content (AvgIpc) is 2.50. The SMILES string of the molecule is CCCc1ccc(/C(F)=C(\F)c2ccc(F)c(F)c2)cc1. The lowest BCUT2D eigenvalue weighted by atomic mass is 10.1. The van der Waals surface area contributed by atoms with Crippen molar-refractivity contribution < 1.29 is 17.6 Å². The Balaban J connectivity index is 2.34. The maximum atomic E-state index is 14.1. The number of hydrogen-bond acceptors (Lipinski definition) is 0. The molecule has 0 N–H and O–H groups in total. The summed E-state index contributed by atoms with van der Waals surface area (Å²) in [6.45, 7) is 2.02. The third-order valence-corrected chi connectivity index (χ3v) is 3.11. The molecule has 0 saturated carbocycles. The first-order chi connectivity index (χ1) is 10.0. The Morgan fingerprint density at radius 1 is 0.810 bits per heavy atom. The monoisotopic (exact) mass is 294 g/mol. The first kappa shape index (κ1) is 15.3. The largest absolute Gasteiger partial charge is 0.204 e. The molecule has 110 valence electrons. The van der Waals surface area contributed by atoms with E-state index in [9.17, 15) is 17.6 Å². The highest BCUT2D eigenvalue weighted by atomic mass is 19.2. The molecule has 21 heavy (non-hydrogen) atoms. The standard InChI is InChI=1S/C17H14F4/c1-2-3-11-4-6-12(7-5-11)16(20)17(21)13-8-9-14(18)15(19)10-13/h4-10H,2-3H2,1H3/b17-16+. The van der Waals surface area contributed by atoms with Crippen molar-refractivity contribution in [3.05, 3.63) is 70.8 Å². The molecule has 0 atom stereocenters. The molecule has 0 saturated heterocycles. The fourth-order valence-corrected chi connectivity index (χ4v) is 1.99. The highest BCUT2D eigenvalue weighted by Crippen LogP contribution is 2.29. The molecular weight excluding hydrogens is 280 g/mol. The van der Waals surface area contributed by atoms with Crippen LogP contribution in [0.25, 0.3) is 11.7 Å². The lowest BCUT2D eigenvalue weighted by Gasteiger charge is -2.04. The van der Waals surface area contributed by atoms with Crippen LogP contribution in [0.5, 0.6) is 0 Å². The Morgan fingerprint density at radius 3 is 1.95 bits per heavy atom. The van der Waals surface area contributed by atoms with Gasteiger partial charge in [0, 0.05) is 11.1 Å². The van der Waals surface area contributed by atoms with E-state index in [2.05, 4.69) is 0 Å². The first-order valence-corrected chi connectivity index (χ1v) is 6.63. The van der Waals surface area contributed by atoms with Crippen LogP contribution in [-0.2, 0) is 6.42 Å². The first-order valence-electron chi connectivity index (χ1n) is 6.63. The molecule has 0 amide bonds. The molecule has 0 aromatic heterocycles. The second-order valence-corrected chi connectivity index (χ2v) is 4.70. The molecule has 0 unspecified atom stereocenters. The Labute approximate surface area is 120 Å². The highest BCUT2D eigenvalue weighted by Gasteiger charge is 2.13. The minimum absolute atomic E-state index is 0.0667. The average molecular weight is 294 g/mol. The van der Waals surface area contributed by atoms with Gasteiger partial charge in [0.25, 0.3) is 0 Å². The summed E-state index contributed by atoms with van der Waals surface area (Å²) >= 11 is 0. The van der Waals surface area contributed by atoms with E-state index in [1.54, 1.807) is 12.1 Å². The van der Waals surface area contributed by atoms with Gasteiger partial charge in [0.15, 0.2) is 23.3 Å². The van der Waals surface area contributed by atoms with Gasteiger partial charge in [-0.15, -0.1) is 0 Å². The molecule has 2 aromatic carbocycles. The van der Waals surface area contributed by atoms with E-state index in [1.165, 1.54) is 12.1 Å². The third kappa shape index (κ3) is 3.51. The molecule has 0 nitrogen and oxygen atoms in total. The van der Waals surface area contributed by atoms with Crippen LogP contribution in [0, 0.1) is 11.6 Å². The van der Waals surface area contributed by atoms with Gasteiger partial charge in [0.1, 0.15) is 0 Å². The summed E-state index contributed by atoms with van der Waals surface area (Å²) in [5.74, 6) is -4.62. The molecule has 0 radical (unpaired) electrons. The van der Waals surface area contributed by atoms with Crippen molar-refractivity contribution in [1.29, 1.82) is 0 Å². The number of benzene rings is 2. The molecule has 0 fully saturated rings. The summed E-state index contributed by atoms with van der Waals surface area (Å²) in [4.78, 5) is 0. The zero-order valence-corrected chi connectivity index (χ0v) is 11.5. The van der Waals surface area contributed by atoms with Crippen LogP contribution >= 0.6 is 0 Å². The van der Waals surface area contributed by atoms with Crippen molar-refractivity contribution in [2.24, 2.45) is 0 Å². The highest BCUT2D eigenvalue weighted by molar-refractivity contribution is 5.83. The normalized spacial score (nSPS) is 12.2. The minimum atomic E-state index is -1.21. The molecule has 2 rings (SSSR count). The fraction of sp³-hybridized carbons (Fsp3) is 0.176. The number of aryl methyl sites for hydroxylation is 1. The van der Waals surface area contributed by atoms with Crippen molar-refractivity contribution in [3.63, 3.8) is 0 Å². The third-order valence-electron chi connectivity index (χ3n) is 3.11. The topological polar surface area (TPSA) is 0 Å². The zero-order valence-electron chi connectivity index (χ0n) is 11.5. The zero-order chi connectivity index (χ0) is 15.4. The Bertz CT molecular complexity index is 657. The van der Waals surface area contributed by atoms with E-state index >= 15 is 0 Å². The minimum Gasteiger partial charge on any atom is -0.204 e. The van der Waals surface area contributed by atoms with E-state index < -0.39 is 23.3 Å². The van der Waals surface area contributed by atoms with E-state index in [1.807, 2.05) is 6.92 Å². The van der Waals surface area contributed by atoms with Crippen molar-refractivity contribution >= 4 is 11.7 Å². The van der Waals surface area contributed by atoms with Gasteiger partial charge in [0.05, 0.1) is 0 Å². The van der Waals surface area contributed by atoms with Crippen LogP contribution in [0.15, 0.2) is 42.5 Å². The van der Waals surface area contributed by atoms with Crippen molar-refractivity contribution in [2.75, 3.05) is 0 Å². The molecule has 0 heterocycles. The van der Waals surface area contributed by atoms with Gasteiger partial charge in [-0.1, -0.05) is 37.6 Å². The number of halogens is 4. The second kappa shape index (κ2) is 6.57. The van der Waals surface area contributed by atoms with Gasteiger partial charge in [-0.25, -0.2) is 17.6 Å². The molecule has 0 aliphatic carbocycles. The summed E-state index contributed by atoms with van der Waals surface area (Å²) in [5.41, 5.74) is 0.767. The predicted molar refractivity (Wildman–Crippen MR) is 75.8 cm³/mol. The van der Waals surface area contributed by atoms with Crippen LogP contribution in [0.1, 0.15) is 30.0 Å². The molecule has 0 spiro atoms. The molecule has 0 aliphatic heterocycles. The van der Waals surface area contributed by atoms with Crippen molar-refractivity contribution in [1.82, 2.24) is 0 Å². The summed E-state index contributed by atoms with van der Waals surface area (Å²) in [6.07, 6.45) is 1.82. The fourth-order valence-electron chi connectivity index (χ4n) is 1.99. The Hall–Kier alpha value is -2.10. The molecule has 0 bridgehead atoms. The number of hydrogen-bond donors (Lipinski definition) is 0. The van der Waals surface area contributed by atoms with Crippen molar-refractivity contribution in [3.8, 4) is 0 Å². The van der Waals surface area contributed by atoms with Crippen LogP contribution in [-0.4, -0.2) is 0 Å². The Morgan fingerprint density at radius 2 is 1.38 bits per heavy atom. The van der Waals surface area contributed by atoms with Gasteiger partial charge in [-0.3, -0.25) is 0 Å². The van der Waals surface area contributed by atoms with Crippen LogP contribution in [0.2, 0.25) is 0 Å². The van der Waals surface area contributed by atoms with E-state index in [-0.39, 0.29) is 11.1 Å². The smallest absolute Gasteiger partial charge is 0.166 e. The van der Waals surface area contributed by atoms with Gasteiger partial charge >= 0.3 is 0 Å². The van der Waals surface area contributed by atoms with Gasteiger partial charge in [-0.2, -0.15) is 0 Å². The maximum absolute atomic E-state index is 14.1.